The highest BCUT2D eigenvalue weighted by molar-refractivity contribution is 7.91. The summed E-state index contributed by atoms with van der Waals surface area (Å²) in [5.74, 6) is -0.612. The maximum absolute atomic E-state index is 13.0. The number of hydrogen-bond acceptors (Lipinski definition) is 6. The Bertz CT molecular complexity index is 966. The average Bonchev–Trinajstić information content (AvgIpc) is 3.38. The van der Waals surface area contributed by atoms with Gasteiger partial charge in [0.1, 0.15) is 4.21 Å². The summed E-state index contributed by atoms with van der Waals surface area (Å²) < 4.78 is 27.2. The molecule has 1 aliphatic heterocycles. The molecule has 1 atom stereocenters. The Morgan fingerprint density at radius 3 is 2.55 bits per heavy atom. The van der Waals surface area contributed by atoms with E-state index in [1.165, 1.54) is 11.0 Å². The van der Waals surface area contributed by atoms with E-state index in [1.54, 1.807) is 35.7 Å². The van der Waals surface area contributed by atoms with Crippen molar-refractivity contribution in [1.82, 2.24) is 14.5 Å². The number of nitrogens with zero attached hydrogens (tertiary/aromatic N) is 2. The van der Waals surface area contributed by atoms with Crippen LogP contribution in [0.5, 0.6) is 0 Å². The molecule has 2 aromatic rings. The van der Waals surface area contributed by atoms with Gasteiger partial charge in [0.2, 0.25) is 0 Å². The molecule has 1 saturated heterocycles. The lowest BCUT2D eigenvalue weighted by Gasteiger charge is -2.28. The summed E-state index contributed by atoms with van der Waals surface area (Å²) in [6.07, 6.45) is -1.32. The Labute approximate surface area is 177 Å². The van der Waals surface area contributed by atoms with E-state index in [2.05, 4.69) is 10.6 Å². The first-order valence-electron chi connectivity index (χ1n) is 8.71. The number of urea groups is 1. The van der Waals surface area contributed by atoms with Crippen molar-refractivity contribution in [1.29, 1.82) is 0 Å². The normalized spacial score (nSPS) is 17.3. The number of hydrogen-bond donors (Lipinski definition) is 3. The molecule has 0 radical (unpaired) electrons. The van der Waals surface area contributed by atoms with Crippen LogP contribution in [0.2, 0.25) is 5.02 Å². The summed E-state index contributed by atoms with van der Waals surface area (Å²) in [5, 5.41) is 7.38. The van der Waals surface area contributed by atoms with E-state index >= 15 is 0 Å². The van der Waals surface area contributed by atoms with Gasteiger partial charge >= 0.3 is 6.03 Å². The molecule has 1 aromatic carbocycles. The second-order valence-corrected chi connectivity index (χ2v) is 9.63. The third-order valence-electron chi connectivity index (χ3n) is 4.22. The van der Waals surface area contributed by atoms with Crippen LogP contribution in [0.4, 0.5) is 10.5 Å². The SMILES string of the molecule is NCCNC(=O)C1N(C(=O)Nc2ccc(Cl)cc2)CCN1S(=O)(=O)c1cccs1. The fourth-order valence-electron chi connectivity index (χ4n) is 2.88. The summed E-state index contributed by atoms with van der Waals surface area (Å²) >= 11 is 6.90. The highest BCUT2D eigenvalue weighted by atomic mass is 35.5. The van der Waals surface area contributed by atoms with E-state index in [-0.39, 0.29) is 30.4 Å². The van der Waals surface area contributed by atoms with E-state index in [4.69, 9.17) is 17.3 Å². The number of carbonyl (C=O) groups excluding carboxylic acids is 2. The first-order valence-corrected chi connectivity index (χ1v) is 11.4. The standard InChI is InChI=1S/C17H20ClN5O4S2/c18-12-3-5-13(6-4-12)21-17(25)22-9-10-23(16(22)15(24)20-8-7-19)29(26,27)14-2-1-11-28-14/h1-6,11,16H,7-10,19H2,(H,20,24)(H,21,25). The summed E-state index contributed by atoms with van der Waals surface area (Å²) in [5.41, 5.74) is 5.91. The Morgan fingerprint density at radius 2 is 1.93 bits per heavy atom. The van der Waals surface area contributed by atoms with Gasteiger partial charge < -0.3 is 16.4 Å². The van der Waals surface area contributed by atoms with Crippen molar-refractivity contribution >= 4 is 50.6 Å². The summed E-state index contributed by atoms with van der Waals surface area (Å²) in [4.78, 5) is 26.7. The van der Waals surface area contributed by atoms with Crippen LogP contribution in [-0.4, -0.2) is 61.9 Å². The van der Waals surface area contributed by atoms with Gasteiger partial charge in [-0.3, -0.25) is 9.69 Å². The third kappa shape index (κ3) is 4.70. The lowest BCUT2D eigenvalue weighted by Crippen LogP contribution is -2.55. The molecule has 2 heterocycles. The Hall–Kier alpha value is -2.18. The van der Waals surface area contributed by atoms with Crippen LogP contribution < -0.4 is 16.4 Å². The summed E-state index contributed by atoms with van der Waals surface area (Å²) in [7, 11) is -3.94. The molecule has 1 aliphatic rings. The molecule has 0 bridgehead atoms. The second kappa shape index (κ2) is 9.09. The molecule has 0 aliphatic carbocycles. The van der Waals surface area contributed by atoms with Crippen LogP contribution in [0.3, 0.4) is 0 Å². The molecule has 0 spiro atoms. The van der Waals surface area contributed by atoms with Crippen molar-refractivity contribution in [2.24, 2.45) is 5.73 Å². The van der Waals surface area contributed by atoms with Crippen LogP contribution in [0.1, 0.15) is 0 Å². The smallest absolute Gasteiger partial charge is 0.323 e. The third-order valence-corrected chi connectivity index (χ3v) is 7.70. The first kappa shape index (κ1) is 21.5. The van der Waals surface area contributed by atoms with Crippen LogP contribution >= 0.6 is 22.9 Å². The number of anilines is 1. The summed E-state index contributed by atoms with van der Waals surface area (Å²) in [6, 6.07) is 8.93. The van der Waals surface area contributed by atoms with Crippen molar-refractivity contribution in [2.75, 3.05) is 31.5 Å². The number of amides is 3. The Balaban J connectivity index is 1.86. The molecule has 3 amide bonds. The fourth-order valence-corrected chi connectivity index (χ4v) is 5.67. The van der Waals surface area contributed by atoms with E-state index in [0.29, 0.717) is 10.7 Å². The number of halogens is 1. The maximum atomic E-state index is 13.0. The van der Waals surface area contributed by atoms with Crippen molar-refractivity contribution in [3.63, 3.8) is 0 Å². The minimum absolute atomic E-state index is 0.00498. The molecule has 3 rings (SSSR count). The molecule has 0 saturated carbocycles. The minimum atomic E-state index is -3.94. The van der Waals surface area contributed by atoms with Gasteiger partial charge in [-0.15, -0.1) is 11.3 Å². The molecular weight excluding hydrogens is 438 g/mol. The minimum Gasteiger partial charge on any atom is -0.352 e. The zero-order chi connectivity index (χ0) is 21.0. The number of nitrogens with two attached hydrogens (primary N) is 1. The lowest BCUT2D eigenvalue weighted by molar-refractivity contribution is -0.127. The van der Waals surface area contributed by atoms with Crippen molar-refractivity contribution in [2.45, 2.75) is 10.4 Å². The Kier molecular flexibility index (Phi) is 6.75. The second-order valence-electron chi connectivity index (χ2n) is 6.13. The largest absolute Gasteiger partial charge is 0.352 e. The van der Waals surface area contributed by atoms with E-state index in [9.17, 15) is 18.0 Å². The van der Waals surface area contributed by atoms with E-state index < -0.39 is 28.1 Å². The lowest BCUT2D eigenvalue weighted by atomic mass is 10.3. The van der Waals surface area contributed by atoms with Gasteiger partial charge in [-0.2, -0.15) is 4.31 Å². The zero-order valence-electron chi connectivity index (χ0n) is 15.2. The highest BCUT2D eigenvalue weighted by Crippen LogP contribution is 2.28. The predicted molar refractivity (Wildman–Crippen MR) is 111 cm³/mol. The molecule has 1 aromatic heterocycles. The van der Waals surface area contributed by atoms with Gasteiger partial charge in [0.25, 0.3) is 15.9 Å². The highest BCUT2D eigenvalue weighted by Gasteiger charge is 2.46. The van der Waals surface area contributed by atoms with Gasteiger partial charge in [-0.1, -0.05) is 17.7 Å². The molecule has 29 heavy (non-hydrogen) atoms. The fraction of sp³-hybridized carbons (Fsp3) is 0.294. The molecular formula is C17H20ClN5O4S2. The van der Waals surface area contributed by atoms with Gasteiger partial charge in [0, 0.05) is 36.9 Å². The number of carbonyl (C=O) groups is 2. The van der Waals surface area contributed by atoms with Crippen LogP contribution in [0, 0.1) is 0 Å². The number of sulfonamides is 1. The predicted octanol–water partition coefficient (Wildman–Crippen LogP) is 1.34. The molecule has 1 fully saturated rings. The average molecular weight is 458 g/mol. The van der Waals surface area contributed by atoms with Crippen molar-refractivity contribution < 1.29 is 18.0 Å². The summed E-state index contributed by atoms with van der Waals surface area (Å²) in [6.45, 7) is 0.404. The molecule has 4 N–H and O–H groups in total. The van der Waals surface area contributed by atoms with Gasteiger partial charge in [0.15, 0.2) is 6.17 Å². The molecule has 1 unspecified atom stereocenters. The maximum Gasteiger partial charge on any atom is 0.323 e. The molecule has 9 nitrogen and oxygen atoms in total. The number of thiophene rings is 1. The van der Waals surface area contributed by atoms with E-state index in [0.717, 1.165) is 15.6 Å². The van der Waals surface area contributed by atoms with Crippen molar-refractivity contribution in [3.8, 4) is 0 Å². The molecule has 156 valence electrons. The van der Waals surface area contributed by atoms with Gasteiger partial charge in [0.05, 0.1) is 0 Å². The van der Waals surface area contributed by atoms with Gasteiger partial charge in [-0.05, 0) is 35.7 Å². The van der Waals surface area contributed by atoms with E-state index in [1.807, 2.05) is 0 Å². The van der Waals surface area contributed by atoms with Gasteiger partial charge in [-0.25, -0.2) is 13.2 Å². The number of rotatable bonds is 6. The van der Waals surface area contributed by atoms with Crippen molar-refractivity contribution in [3.05, 3.63) is 46.8 Å². The topological polar surface area (TPSA) is 125 Å². The van der Waals surface area contributed by atoms with Crippen LogP contribution in [-0.2, 0) is 14.8 Å². The molecule has 12 heteroatoms. The monoisotopic (exact) mass is 457 g/mol. The van der Waals surface area contributed by atoms with Crippen LogP contribution in [0.15, 0.2) is 46.0 Å². The number of benzene rings is 1. The number of nitrogens with one attached hydrogen (secondary N) is 2. The first-order chi connectivity index (χ1) is 13.8. The van der Waals surface area contributed by atoms with Crippen LogP contribution in [0.25, 0.3) is 0 Å². The quantitative estimate of drug-likeness (QED) is 0.603. The Morgan fingerprint density at radius 1 is 1.21 bits per heavy atom. The zero-order valence-corrected chi connectivity index (χ0v) is 17.6.